The maximum Gasteiger partial charge on any atom is 0.306 e. The molecule has 0 amide bonds. The predicted octanol–water partition coefficient (Wildman–Crippen LogP) is 12.8. The second-order valence-corrected chi connectivity index (χ2v) is 13.7. The van der Waals surface area contributed by atoms with E-state index in [2.05, 4.69) is 50.3 Å². The quantitative estimate of drug-likeness (QED) is 0.0403. The van der Waals surface area contributed by atoms with E-state index in [1.807, 2.05) is 0 Å². The molecule has 0 aliphatic carbocycles. The fraction of sp³-hybridized carbons (Fsp3) is 0.814. The van der Waals surface area contributed by atoms with Crippen LogP contribution in [0, 0.1) is 0 Å². The van der Waals surface area contributed by atoms with Crippen molar-refractivity contribution in [1.82, 2.24) is 0 Å². The molecule has 1 atom stereocenters. The summed E-state index contributed by atoms with van der Waals surface area (Å²) >= 11 is 0. The molecule has 0 saturated carbocycles. The van der Waals surface area contributed by atoms with Crippen molar-refractivity contribution in [2.24, 2.45) is 0 Å². The summed E-state index contributed by atoms with van der Waals surface area (Å²) in [5.74, 6) is -0.610. The van der Waals surface area contributed by atoms with Crippen molar-refractivity contribution >= 4 is 11.9 Å². The number of aliphatic hydroxyl groups excluding tert-OH is 1. The first-order valence-electron chi connectivity index (χ1n) is 20.5. The first-order chi connectivity index (χ1) is 23.6. The van der Waals surface area contributed by atoms with Gasteiger partial charge in [-0.15, -0.1) is 0 Å². The summed E-state index contributed by atoms with van der Waals surface area (Å²) in [5, 5.41) is 9.56. The second-order valence-electron chi connectivity index (χ2n) is 13.7. The zero-order valence-corrected chi connectivity index (χ0v) is 31.7. The second kappa shape index (κ2) is 39.6. The minimum atomic E-state index is -0.780. The Morgan fingerprint density at radius 2 is 0.833 bits per heavy atom. The van der Waals surface area contributed by atoms with Crippen molar-refractivity contribution in [3.05, 3.63) is 36.5 Å². The molecule has 1 N–H and O–H groups in total. The molecule has 0 radical (unpaired) electrons. The molecule has 0 aromatic rings. The Balaban J connectivity index is 3.57. The fourth-order valence-corrected chi connectivity index (χ4v) is 5.80. The van der Waals surface area contributed by atoms with Crippen LogP contribution in [0.4, 0.5) is 0 Å². The molecule has 280 valence electrons. The SMILES string of the molecule is CCCCCC=CCC=CCC=CCCCCCCC(=O)O[C@@H](CO)COC(=O)CCCCCCCCCCCCCCCCCCC. The minimum absolute atomic E-state index is 0.0721. The highest BCUT2D eigenvalue weighted by molar-refractivity contribution is 5.70. The molecule has 0 heterocycles. The van der Waals surface area contributed by atoms with Crippen LogP contribution in [-0.2, 0) is 19.1 Å². The summed E-state index contributed by atoms with van der Waals surface area (Å²) in [4.78, 5) is 24.3. The molecule has 0 bridgehead atoms. The summed E-state index contributed by atoms with van der Waals surface area (Å²) in [6.07, 6.45) is 47.7. The monoisotopic (exact) mass is 675 g/mol. The van der Waals surface area contributed by atoms with Crippen LogP contribution in [0.1, 0.15) is 206 Å². The van der Waals surface area contributed by atoms with Gasteiger partial charge in [-0.05, 0) is 51.4 Å². The van der Waals surface area contributed by atoms with Crippen molar-refractivity contribution in [2.45, 2.75) is 213 Å². The molecule has 0 unspecified atom stereocenters. The largest absolute Gasteiger partial charge is 0.462 e. The summed E-state index contributed by atoms with van der Waals surface area (Å²) < 4.78 is 10.6. The number of esters is 2. The van der Waals surface area contributed by atoms with Gasteiger partial charge in [-0.1, -0.05) is 179 Å². The van der Waals surface area contributed by atoms with Crippen LogP contribution in [0.25, 0.3) is 0 Å². The number of carbonyl (C=O) groups excluding carboxylic acids is 2. The third-order valence-corrected chi connectivity index (χ3v) is 8.94. The summed E-state index contributed by atoms with van der Waals surface area (Å²) in [5.41, 5.74) is 0. The molecule has 0 rings (SSSR count). The number of allylic oxidation sites excluding steroid dienone is 6. The van der Waals surface area contributed by atoms with Gasteiger partial charge < -0.3 is 14.6 Å². The molecule has 0 aromatic carbocycles. The van der Waals surface area contributed by atoms with Gasteiger partial charge in [0.15, 0.2) is 6.10 Å². The van der Waals surface area contributed by atoms with Gasteiger partial charge in [0, 0.05) is 12.8 Å². The van der Waals surface area contributed by atoms with Crippen LogP contribution < -0.4 is 0 Å². The Bertz CT molecular complexity index is 771. The topological polar surface area (TPSA) is 72.8 Å². The summed E-state index contributed by atoms with van der Waals surface area (Å²) in [6, 6.07) is 0. The van der Waals surface area contributed by atoms with Crippen molar-refractivity contribution in [3.63, 3.8) is 0 Å². The van der Waals surface area contributed by atoms with Crippen molar-refractivity contribution < 1.29 is 24.2 Å². The van der Waals surface area contributed by atoms with Crippen LogP contribution in [-0.4, -0.2) is 36.4 Å². The van der Waals surface area contributed by atoms with Crippen molar-refractivity contribution in [1.29, 1.82) is 0 Å². The van der Waals surface area contributed by atoms with Crippen LogP contribution in [0.15, 0.2) is 36.5 Å². The lowest BCUT2D eigenvalue weighted by Crippen LogP contribution is -2.28. The normalized spacial score (nSPS) is 12.5. The first-order valence-corrected chi connectivity index (χ1v) is 20.5. The van der Waals surface area contributed by atoms with E-state index in [9.17, 15) is 14.7 Å². The molecule has 0 aliphatic heterocycles. The lowest BCUT2D eigenvalue weighted by molar-refractivity contribution is -0.161. The minimum Gasteiger partial charge on any atom is -0.462 e. The highest BCUT2D eigenvalue weighted by Gasteiger charge is 2.16. The number of unbranched alkanes of at least 4 members (excludes halogenated alkanes) is 23. The van der Waals surface area contributed by atoms with E-state index in [0.29, 0.717) is 12.8 Å². The van der Waals surface area contributed by atoms with Crippen molar-refractivity contribution in [3.8, 4) is 0 Å². The number of ether oxygens (including phenoxy) is 2. The molecule has 0 saturated heterocycles. The lowest BCUT2D eigenvalue weighted by atomic mass is 10.0. The maximum atomic E-state index is 12.2. The molecule has 0 fully saturated rings. The lowest BCUT2D eigenvalue weighted by Gasteiger charge is -2.15. The number of carbonyl (C=O) groups is 2. The standard InChI is InChI=1S/C43H78O5/c1-3-5-7-9-11-13-15-17-19-21-23-25-27-29-31-33-35-37-42(45)47-40-41(39-44)48-43(46)38-36-34-32-30-28-26-24-22-20-18-16-14-12-10-8-6-4-2/h12,14,18,20,24,26,41,44H,3-11,13,15-17,19,21-23,25,27-40H2,1-2H3/t41-/m0/s1. The third kappa shape index (κ3) is 36.9. The van der Waals surface area contributed by atoms with Crippen LogP contribution in [0.2, 0.25) is 0 Å². The van der Waals surface area contributed by atoms with Gasteiger partial charge in [0.05, 0.1) is 6.61 Å². The zero-order valence-electron chi connectivity index (χ0n) is 31.7. The van der Waals surface area contributed by atoms with Gasteiger partial charge in [-0.3, -0.25) is 9.59 Å². The summed E-state index contributed by atoms with van der Waals surface area (Å²) in [7, 11) is 0. The molecule has 0 aliphatic rings. The highest BCUT2D eigenvalue weighted by atomic mass is 16.6. The van der Waals surface area contributed by atoms with Crippen LogP contribution in [0.5, 0.6) is 0 Å². The van der Waals surface area contributed by atoms with Gasteiger partial charge in [-0.2, -0.15) is 0 Å². The molecular formula is C43H78O5. The first kappa shape index (κ1) is 46.1. The molecule has 5 heteroatoms. The van der Waals surface area contributed by atoms with Crippen LogP contribution >= 0.6 is 0 Å². The van der Waals surface area contributed by atoms with E-state index in [4.69, 9.17) is 9.47 Å². The average molecular weight is 675 g/mol. The van der Waals surface area contributed by atoms with E-state index >= 15 is 0 Å². The Kier molecular flexibility index (Phi) is 38.0. The fourth-order valence-electron chi connectivity index (χ4n) is 5.80. The molecular weight excluding hydrogens is 596 g/mol. The molecule has 5 nitrogen and oxygen atoms in total. The Morgan fingerprint density at radius 3 is 1.29 bits per heavy atom. The van der Waals surface area contributed by atoms with Crippen molar-refractivity contribution in [2.75, 3.05) is 13.2 Å². The Labute approximate surface area is 297 Å². The Hall–Kier alpha value is -1.88. The third-order valence-electron chi connectivity index (χ3n) is 8.94. The predicted molar refractivity (Wildman–Crippen MR) is 205 cm³/mol. The number of hydrogen-bond donors (Lipinski definition) is 1. The number of hydrogen-bond acceptors (Lipinski definition) is 5. The van der Waals surface area contributed by atoms with Gasteiger partial charge in [0.2, 0.25) is 0 Å². The maximum absolute atomic E-state index is 12.2. The van der Waals surface area contributed by atoms with E-state index in [-0.39, 0.29) is 25.2 Å². The summed E-state index contributed by atoms with van der Waals surface area (Å²) in [6.45, 7) is 4.10. The Morgan fingerprint density at radius 1 is 0.479 bits per heavy atom. The number of rotatable bonds is 37. The van der Waals surface area contributed by atoms with Gasteiger partial charge in [0.1, 0.15) is 6.61 Å². The molecule has 0 aromatic heterocycles. The highest BCUT2D eigenvalue weighted by Crippen LogP contribution is 2.15. The van der Waals surface area contributed by atoms with Gasteiger partial charge >= 0.3 is 11.9 Å². The van der Waals surface area contributed by atoms with E-state index in [1.165, 1.54) is 116 Å². The van der Waals surface area contributed by atoms with Crippen LogP contribution in [0.3, 0.4) is 0 Å². The average Bonchev–Trinajstić information content (AvgIpc) is 3.09. The smallest absolute Gasteiger partial charge is 0.306 e. The van der Waals surface area contributed by atoms with E-state index in [0.717, 1.165) is 64.2 Å². The molecule has 48 heavy (non-hydrogen) atoms. The molecule has 0 spiro atoms. The van der Waals surface area contributed by atoms with Gasteiger partial charge in [0.25, 0.3) is 0 Å². The van der Waals surface area contributed by atoms with E-state index in [1.54, 1.807) is 0 Å². The number of aliphatic hydroxyl groups is 1. The van der Waals surface area contributed by atoms with Gasteiger partial charge in [-0.25, -0.2) is 0 Å². The zero-order chi connectivity index (χ0) is 35.0. The van der Waals surface area contributed by atoms with E-state index < -0.39 is 6.10 Å².